The number of aromatic nitrogens is 1. The Morgan fingerprint density at radius 3 is 2.15 bits per heavy atom. The fourth-order valence-corrected chi connectivity index (χ4v) is 9.65. The zero-order valence-corrected chi connectivity index (χ0v) is 30.4. The van der Waals surface area contributed by atoms with Gasteiger partial charge in [-0.1, -0.05) is 80.6 Å². The second-order valence-corrected chi connectivity index (χ2v) is 16.1. The molecule has 0 radical (unpaired) electrons. The summed E-state index contributed by atoms with van der Waals surface area (Å²) in [5.41, 5.74) is 4.20. The van der Waals surface area contributed by atoms with Crippen LogP contribution in [0.2, 0.25) is 0 Å². The predicted octanol–water partition coefficient (Wildman–Crippen LogP) is 6.52. The molecule has 0 amide bonds. The maximum atomic E-state index is 15.2. The lowest BCUT2D eigenvalue weighted by molar-refractivity contribution is -0.307. The topological polar surface area (TPSA) is 123 Å². The molecule has 0 spiro atoms. The van der Waals surface area contributed by atoms with E-state index in [2.05, 4.69) is 12.1 Å². The molecule has 6 rings (SSSR count). The molecule has 1 fully saturated rings. The molecule has 0 aliphatic carbocycles. The van der Waals surface area contributed by atoms with Crippen molar-refractivity contribution in [2.24, 2.45) is 5.92 Å². The number of aliphatic carboxylic acids is 1. The minimum atomic E-state index is -4.09. The van der Waals surface area contributed by atoms with E-state index in [1.165, 1.54) is 17.7 Å². The largest absolute Gasteiger partial charge is 0.550 e. The summed E-state index contributed by atoms with van der Waals surface area (Å²) in [4.78, 5) is 11.3. The molecule has 1 aliphatic rings. The summed E-state index contributed by atoms with van der Waals surface area (Å²) in [5.74, 6) is -1.77. The van der Waals surface area contributed by atoms with E-state index in [4.69, 9.17) is 0 Å². The van der Waals surface area contributed by atoms with Gasteiger partial charge in [-0.3, -0.25) is 0 Å². The zero-order valence-electron chi connectivity index (χ0n) is 29.6. The van der Waals surface area contributed by atoms with Crippen LogP contribution in [0.4, 0.5) is 4.39 Å². The molecule has 1 aromatic heterocycles. The van der Waals surface area contributed by atoms with Crippen LogP contribution in [0.25, 0.3) is 33.2 Å². The smallest absolute Gasteiger partial charge is 0.245 e. The summed E-state index contributed by atoms with van der Waals surface area (Å²) in [7, 11) is -4.09. The van der Waals surface area contributed by atoms with Gasteiger partial charge in [0.05, 0.1) is 17.9 Å². The van der Waals surface area contributed by atoms with Crippen molar-refractivity contribution in [1.82, 2.24) is 8.87 Å². The number of hydrogen-bond donors (Lipinski definition) is 2. The van der Waals surface area contributed by atoms with Crippen molar-refractivity contribution in [3.05, 3.63) is 114 Å². The number of carbonyl (C=O) groups excluding carboxylic acids is 1. The van der Waals surface area contributed by atoms with Crippen molar-refractivity contribution in [3.8, 4) is 22.4 Å². The highest BCUT2D eigenvalue weighted by Gasteiger charge is 2.38. The van der Waals surface area contributed by atoms with E-state index in [-0.39, 0.29) is 30.2 Å². The molecule has 52 heavy (non-hydrogen) atoms. The van der Waals surface area contributed by atoms with Crippen molar-refractivity contribution in [1.29, 1.82) is 0 Å². The lowest BCUT2D eigenvalue weighted by Gasteiger charge is -2.32. The Morgan fingerprint density at radius 2 is 1.50 bits per heavy atom. The third-order valence-corrected chi connectivity index (χ3v) is 12.1. The molecule has 0 saturated carbocycles. The van der Waals surface area contributed by atoms with Crippen molar-refractivity contribution >= 4 is 26.8 Å². The van der Waals surface area contributed by atoms with Gasteiger partial charge in [-0.05, 0) is 102 Å². The standard InChI is InChI=1S/C42H47FN2O6S/c1-28(2)40-42(52(50,51)44-21-18-30(19-22-44)24-29-8-4-3-5-9-29)39(34-13-12-31-10-6-7-11-33(31)25-34)41(32-14-16-35(43)17-15-32)45(40)23-20-36(46)26-37(47)27-38(48)49/h3-17,25,28,30,36-37,46-47H,18-24,26-27H2,1-2H3,(H,48,49)/p-1/t36-,37-/m1/s1. The number of hydrogen-bond acceptors (Lipinski definition) is 6. The van der Waals surface area contributed by atoms with Gasteiger partial charge in [0.15, 0.2) is 0 Å². The minimum Gasteiger partial charge on any atom is -0.550 e. The van der Waals surface area contributed by atoms with Gasteiger partial charge in [0.1, 0.15) is 10.7 Å². The van der Waals surface area contributed by atoms with E-state index in [1.54, 1.807) is 16.4 Å². The van der Waals surface area contributed by atoms with Gasteiger partial charge in [-0.25, -0.2) is 12.8 Å². The molecular formula is C42H46FN2O6S-. The monoisotopic (exact) mass is 725 g/mol. The molecule has 0 bridgehead atoms. The lowest BCUT2D eigenvalue weighted by Crippen LogP contribution is -2.39. The van der Waals surface area contributed by atoms with Gasteiger partial charge in [0, 0.05) is 43.3 Å². The minimum absolute atomic E-state index is 0.105. The molecule has 1 saturated heterocycles. The number of aliphatic hydroxyl groups is 2. The molecule has 0 unspecified atom stereocenters. The number of halogens is 1. The number of sulfonamides is 1. The predicted molar refractivity (Wildman–Crippen MR) is 199 cm³/mol. The average molecular weight is 726 g/mol. The molecule has 5 aromatic rings. The third kappa shape index (κ3) is 8.31. The van der Waals surface area contributed by atoms with Crippen LogP contribution < -0.4 is 5.11 Å². The van der Waals surface area contributed by atoms with Crippen LogP contribution in [0.15, 0.2) is 102 Å². The second-order valence-electron chi connectivity index (χ2n) is 14.3. The third-order valence-electron chi connectivity index (χ3n) is 10.1. The highest BCUT2D eigenvalue weighted by Crippen LogP contribution is 2.46. The number of carboxylic acid groups (broad SMARTS) is 1. The van der Waals surface area contributed by atoms with E-state index in [0.717, 1.165) is 30.0 Å². The Hall–Kier alpha value is -4.35. The molecule has 10 heteroatoms. The molecule has 1 aliphatic heterocycles. The Morgan fingerprint density at radius 1 is 0.865 bits per heavy atom. The summed E-state index contributed by atoms with van der Waals surface area (Å²) < 4.78 is 48.3. The van der Waals surface area contributed by atoms with Crippen molar-refractivity contribution in [2.45, 2.75) is 81.9 Å². The van der Waals surface area contributed by atoms with E-state index < -0.39 is 40.4 Å². The number of fused-ring (bicyclic) bond motifs is 1. The van der Waals surface area contributed by atoms with Crippen LogP contribution >= 0.6 is 0 Å². The number of aliphatic hydroxyl groups excluding tert-OH is 2. The fourth-order valence-electron chi connectivity index (χ4n) is 7.62. The second kappa shape index (κ2) is 16.1. The van der Waals surface area contributed by atoms with Gasteiger partial charge in [-0.2, -0.15) is 4.31 Å². The average Bonchev–Trinajstić information content (AvgIpc) is 3.47. The zero-order chi connectivity index (χ0) is 37.0. The SMILES string of the molecule is CC(C)c1c(S(=O)(=O)N2CCC(Cc3ccccc3)CC2)c(-c2ccc3ccccc3c2)c(-c2ccc(F)cc2)n1CC[C@@H](O)C[C@@H](O)CC(=O)[O-]. The molecule has 8 nitrogen and oxygen atoms in total. The Labute approximate surface area is 305 Å². The van der Waals surface area contributed by atoms with Gasteiger partial charge in [0.2, 0.25) is 10.0 Å². The number of benzene rings is 4. The normalized spacial score (nSPS) is 15.7. The first-order valence-corrected chi connectivity index (χ1v) is 19.5. The first kappa shape index (κ1) is 37.4. The first-order valence-electron chi connectivity index (χ1n) is 18.0. The van der Waals surface area contributed by atoms with E-state index >= 15 is 8.42 Å². The number of carboxylic acids is 1. The van der Waals surface area contributed by atoms with Crippen LogP contribution in [0, 0.1) is 11.7 Å². The Balaban J connectivity index is 1.49. The quantitative estimate of drug-likeness (QED) is 0.134. The summed E-state index contributed by atoms with van der Waals surface area (Å²) >= 11 is 0. The van der Waals surface area contributed by atoms with Crippen LogP contribution in [0.1, 0.15) is 63.1 Å². The van der Waals surface area contributed by atoms with Crippen LogP contribution in [0.3, 0.4) is 0 Å². The summed E-state index contributed by atoms with van der Waals surface area (Å²) in [6, 6.07) is 30.0. The molecule has 274 valence electrons. The highest BCUT2D eigenvalue weighted by atomic mass is 32.2. The summed E-state index contributed by atoms with van der Waals surface area (Å²) in [5, 5.41) is 34.2. The van der Waals surface area contributed by atoms with Crippen LogP contribution in [-0.2, 0) is 27.8 Å². The maximum Gasteiger partial charge on any atom is 0.245 e. The van der Waals surface area contributed by atoms with Crippen molar-refractivity contribution in [2.75, 3.05) is 13.1 Å². The molecule has 2 N–H and O–H groups in total. The number of piperidine rings is 1. The Kier molecular flexibility index (Phi) is 11.6. The molecule has 2 heterocycles. The maximum absolute atomic E-state index is 15.2. The summed E-state index contributed by atoms with van der Waals surface area (Å²) in [6.45, 7) is 4.79. The highest BCUT2D eigenvalue weighted by molar-refractivity contribution is 7.89. The van der Waals surface area contributed by atoms with Crippen molar-refractivity contribution < 1.29 is 32.9 Å². The Bertz CT molecular complexity index is 2110. The van der Waals surface area contributed by atoms with Crippen LogP contribution in [0.5, 0.6) is 0 Å². The first-order chi connectivity index (χ1) is 24.9. The number of nitrogens with zero attached hydrogens (tertiary/aromatic N) is 2. The number of rotatable bonds is 14. The van der Waals surface area contributed by atoms with Gasteiger partial charge >= 0.3 is 0 Å². The van der Waals surface area contributed by atoms with E-state index in [9.17, 15) is 24.5 Å². The molecular weight excluding hydrogens is 680 g/mol. The lowest BCUT2D eigenvalue weighted by atomic mass is 9.91. The number of carbonyl (C=O) groups is 1. The van der Waals surface area contributed by atoms with Gasteiger partial charge in [-0.15, -0.1) is 0 Å². The molecule has 4 aromatic carbocycles. The van der Waals surface area contributed by atoms with Gasteiger partial charge in [0.25, 0.3) is 0 Å². The van der Waals surface area contributed by atoms with Gasteiger partial charge < -0.3 is 24.7 Å². The van der Waals surface area contributed by atoms with E-state index in [1.807, 2.05) is 79.1 Å². The summed E-state index contributed by atoms with van der Waals surface area (Å²) in [6.07, 6.45) is -0.711. The van der Waals surface area contributed by atoms with Crippen molar-refractivity contribution in [3.63, 3.8) is 0 Å². The molecule has 2 atom stereocenters. The van der Waals surface area contributed by atoms with E-state index in [0.29, 0.717) is 47.1 Å². The van der Waals surface area contributed by atoms with Crippen LogP contribution in [-0.4, -0.2) is 58.8 Å². The fraction of sp³-hybridized carbons (Fsp3) is 0.357.